The van der Waals surface area contributed by atoms with Gasteiger partial charge in [-0.2, -0.15) is 0 Å². The second kappa shape index (κ2) is 5.85. The first-order chi connectivity index (χ1) is 8.18. The van der Waals surface area contributed by atoms with Gasteiger partial charge in [0.1, 0.15) is 0 Å². The third-order valence-electron chi connectivity index (χ3n) is 4.24. The first kappa shape index (κ1) is 12.9. The number of aliphatic hydroxyl groups is 1. The molecule has 2 fully saturated rings. The molecule has 2 aliphatic rings. The maximum Gasteiger partial charge on any atom is 0.223 e. The highest BCUT2D eigenvalue weighted by Gasteiger charge is 2.33. The largest absolute Gasteiger partial charge is 0.389 e. The maximum absolute atomic E-state index is 11.9. The van der Waals surface area contributed by atoms with Crippen molar-refractivity contribution in [3.63, 3.8) is 0 Å². The first-order valence-corrected chi connectivity index (χ1v) is 7.20. The van der Waals surface area contributed by atoms with Gasteiger partial charge in [-0.15, -0.1) is 0 Å². The van der Waals surface area contributed by atoms with Crippen LogP contribution in [0.15, 0.2) is 0 Å². The molecule has 0 atom stereocenters. The maximum atomic E-state index is 11.9. The van der Waals surface area contributed by atoms with Gasteiger partial charge in [-0.25, -0.2) is 0 Å². The van der Waals surface area contributed by atoms with Crippen molar-refractivity contribution < 1.29 is 9.90 Å². The Hall–Kier alpha value is -0.570. The summed E-state index contributed by atoms with van der Waals surface area (Å²) >= 11 is 0. The zero-order chi connectivity index (χ0) is 12.1. The average molecular weight is 239 g/mol. The Bertz CT molecular complexity index is 251. The van der Waals surface area contributed by atoms with Gasteiger partial charge < -0.3 is 10.4 Å². The molecular weight excluding hydrogens is 214 g/mol. The summed E-state index contributed by atoms with van der Waals surface area (Å²) in [5.74, 6) is 0.0568. The third-order valence-corrected chi connectivity index (χ3v) is 4.24. The van der Waals surface area contributed by atoms with Crippen molar-refractivity contribution >= 4 is 5.91 Å². The Kier molecular flexibility index (Phi) is 4.43. The van der Waals surface area contributed by atoms with Crippen LogP contribution in [0.1, 0.15) is 70.6 Å². The number of hydrogen-bond acceptors (Lipinski definition) is 2. The molecule has 2 rings (SSSR count). The van der Waals surface area contributed by atoms with Gasteiger partial charge in [0.05, 0.1) is 12.0 Å². The highest BCUT2D eigenvalue weighted by molar-refractivity contribution is 5.77. The van der Waals surface area contributed by atoms with Crippen molar-refractivity contribution in [1.82, 2.24) is 5.32 Å². The van der Waals surface area contributed by atoms with E-state index in [9.17, 15) is 9.90 Å². The summed E-state index contributed by atoms with van der Waals surface area (Å²) in [6, 6.07) is 0.356. The highest BCUT2D eigenvalue weighted by atomic mass is 16.3. The minimum atomic E-state index is -0.700. The normalized spacial score (nSPS) is 25.5. The van der Waals surface area contributed by atoms with Crippen LogP contribution in [0.3, 0.4) is 0 Å². The second-order valence-electron chi connectivity index (χ2n) is 5.86. The molecule has 2 N–H and O–H groups in total. The van der Waals surface area contributed by atoms with Crippen LogP contribution in [0.2, 0.25) is 0 Å². The Morgan fingerprint density at radius 2 is 1.65 bits per heavy atom. The molecule has 0 spiro atoms. The molecule has 0 unspecified atom stereocenters. The number of carbonyl (C=O) groups excluding carboxylic acids is 1. The van der Waals surface area contributed by atoms with Crippen LogP contribution in [0.25, 0.3) is 0 Å². The van der Waals surface area contributed by atoms with E-state index in [0.717, 1.165) is 38.5 Å². The van der Waals surface area contributed by atoms with Crippen LogP contribution < -0.4 is 5.32 Å². The summed E-state index contributed by atoms with van der Waals surface area (Å²) in [7, 11) is 0. The van der Waals surface area contributed by atoms with Crippen molar-refractivity contribution in [3.8, 4) is 0 Å². The number of nitrogens with one attached hydrogen (secondary N) is 1. The minimum absolute atomic E-state index is 0.0568. The molecule has 2 saturated carbocycles. The predicted octanol–water partition coefficient (Wildman–Crippen LogP) is 2.52. The number of amides is 1. The summed E-state index contributed by atoms with van der Waals surface area (Å²) in [4.78, 5) is 11.9. The van der Waals surface area contributed by atoms with Crippen LogP contribution in [0.4, 0.5) is 0 Å². The lowest BCUT2D eigenvalue weighted by Crippen LogP contribution is -2.39. The van der Waals surface area contributed by atoms with E-state index in [1.807, 2.05) is 0 Å². The minimum Gasteiger partial charge on any atom is -0.389 e. The van der Waals surface area contributed by atoms with Crippen LogP contribution in [0.5, 0.6) is 0 Å². The van der Waals surface area contributed by atoms with Gasteiger partial charge in [-0.1, -0.05) is 38.5 Å². The van der Waals surface area contributed by atoms with Gasteiger partial charge in [0.25, 0.3) is 0 Å². The topological polar surface area (TPSA) is 49.3 Å². The van der Waals surface area contributed by atoms with Crippen molar-refractivity contribution in [1.29, 1.82) is 0 Å². The van der Waals surface area contributed by atoms with E-state index in [-0.39, 0.29) is 5.91 Å². The molecule has 0 saturated heterocycles. The van der Waals surface area contributed by atoms with Crippen LogP contribution in [-0.2, 0) is 4.79 Å². The Morgan fingerprint density at radius 3 is 2.24 bits per heavy atom. The van der Waals surface area contributed by atoms with Crippen LogP contribution in [0, 0.1) is 0 Å². The molecule has 0 aliphatic heterocycles. The first-order valence-electron chi connectivity index (χ1n) is 7.20. The number of hydrogen-bond donors (Lipinski definition) is 2. The third kappa shape index (κ3) is 3.98. The van der Waals surface area contributed by atoms with E-state index in [1.165, 1.54) is 25.7 Å². The molecule has 0 aromatic heterocycles. The fourth-order valence-corrected chi connectivity index (χ4v) is 3.21. The van der Waals surface area contributed by atoms with Crippen molar-refractivity contribution in [3.05, 3.63) is 0 Å². The number of rotatable bonds is 3. The zero-order valence-corrected chi connectivity index (χ0v) is 10.7. The van der Waals surface area contributed by atoms with Crippen molar-refractivity contribution in [2.75, 3.05) is 0 Å². The molecule has 0 aromatic rings. The molecular formula is C14H25NO2. The number of carbonyl (C=O) groups is 1. The summed E-state index contributed by atoms with van der Waals surface area (Å²) in [6.07, 6.45) is 11.3. The molecule has 0 heterocycles. The van der Waals surface area contributed by atoms with Gasteiger partial charge >= 0.3 is 0 Å². The van der Waals surface area contributed by atoms with Crippen LogP contribution >= 0.6 is 0 Å². The van der Waals surface area contributed by atoms with Crippen molar-refractivity contribution in [2.24, 2.45) is 0 Å². The van der Waals surface area contributed by atoms with Gasteiger partial charge in [0, 0.05) is 6.04 Å². The monoisotopic (exact) mass is 239 g/mol. The van der Waals surface area contributed by atoms with E-state index in [4.69, 9.17) is 0 Å². The molecule has 0 bridgehead atoms. The summed E-state index contributed by atoms with van der Waals surface area (Å²) in [5.41, 5.74) is -0.700. The van der Waals surface area contributed by atoms with E-state index in [2.05, 4.69) is 5.32 Å². The van der Waals surface area contributed by atoms with Gasteiger partial charge in [-0.05, 0) is 25.7 Å². The SMILES string of the molecule is O=C(CC1(O)CCCC1)NC1CCCCCC1. The molecule has 2 aliphatic carbocycles. The molecule has 0 aromatic carbocycles. The second-order valence-corrected chi connectivity index (χ2v) is 5.86. The molecule has 0 radical (unpaired) electrons. The van der Waals surface area contributed by atoms with Crippen molar-refractivity contribution in [2.45, 2.75) is 82.3 Å². The standard InChI is InChI=1S/C14H25NO2/c16-13(11-14(17)9-5-6-10-14)15-12-7-3-1-2-4-8-12/h12,17H,1-11H2,(H,15,16). The van der Waals surface area contributed by atoms with Crippen LogP contribution in [-0.4, -0.2) is 22.7 Å². The van der Waals surface area contributed by atoms with Gasteiger partial charge in [-0.3, -0.25) is 4.79 Å². The van der Waals surface area contributed by atoms with E-state index in [0.29, 0.717) is 12.5 Å². The zero-order valence-electron chi connectivity index (χ0n) is 10.7. The lowest BCUT2D eigenvalue weighted by Gasteiger charge is -2.23. The van der Waals surface area contributed by atoms with E-state index in [1.54, 1.807) is 0 Å². The smallest absolute Gasteiger partial charge is 0.223 e. The van der Waals surface area contributed by atoms with Gasteiger partial charge in [0.2, 0.25) is 5.91 Å². The molecule has 98 valence electrons. The predicted molar refractivity (Wildman–Crippen MR) is 67.7 cm³/mol. The molecule has 1 amide bonds. The fourth-order valence-electron chi connectivity index (χ4n) is 3.21. The van der Waals surface area contributed by atoms with E-state index >= 15 is 0 Å². The Morgan fingerprint density at radius 1 is 1.06 bits per heavy atom. The highest BCUT2D eigenvalue weighted by Crippen LogP contribution is 2.32. The average Bonchev–Trinajstić information content (AvgIpc) is 2.54. The summed E-state index contributed by atoms with van der Waals surface area (Å²) in [5, 5.41) is 13.3. The summed E-state index contributed by atoms with van der Waals surface area (Å²) < 4.78 is 0. The Balaban J connectivity index is 1.75. The Labute approximate surface area is 104 Å². The van der Waals surface area contributed by atoms with Gasteiger partial charge in [0.15, 0.2) is 0 Å². The lowest BCUT2D eigenvalue weighted by atomic mass is 9.97. The fraction of sp³-hybridized carbons (Fsp3) is 0.929. The summed E-state index contributed by atoms with van der Waals surface area (Å²) in [6.45, 7) is 0. The quantitative estimate of drug-likeness (QED) is 0.743. The molecule has 3 nitrogen and oxygen atoms in total. The molecule has 3 heteroatoms. The lowest BCUT2D eigenvalue weighted by molar-refractivity contribution is -0.126. The van der Waals surface area contributed by atoms with E-state index < -0.39 is 5.60 Å². The molecule has 17 heavy (non-hydrogen) atoms.